The third-order valence-electron chi connectivity index (χ3n) is 3.88. The molecule has 1 aliphatic rings. The lowest BCUT2D eigenvalue weighted by molar-refractivity contribution is 0.0924. The molecule has 1 N–H and O–H groups in total. The van der Waals surface area contributed by atoms with Crippen LogP contribution in [-0.2, 0) is 15.6 Å². The molecular formula is C18H19NO4S. The third-order valence-corrected chi connectivity index (χ3v) is 4.74. The number of carbonyl (C=O) groups is 1. The third kappa shape index (κ3) is 3.94. The summed E-state index contributed by atoms with van der Waals surface area (Å²) in [6.07, 6.45) is 1.88. The van der Waals surface area contributed by atoms with Crippen molar-refractivity contribution in [1.29, 1.82) is 0 Å². The van der Waals surface area contributed by atoms with Crippen molar-refractivity contribution in [1.82, 2.24) is 5.32 Å². The molecule has 2 aromatic rings. The van der Waals surface area contributed by atoms with E-state index < -0.39 is 9.84 Å². The maximum absolute atomic E-state index is 12.5. The summed E-state index contributed by atoms with van der Waals surface area (Å²) < 4.78 is 28.4. The van der Waals surface area contributed by atoms with Crippen LogP contribution < -0.4 is 10.1 Å². The molecule has 0 fully saturated rings. The summed E-state index contributed by atoms with van der Waals surface area (Å²) in [6, 6.07) is 14.3. The zero-order chi connectivity index (χ0) is 17.2. The predicted octanol–water partition coefficient (Wildman–Crippen LogP) is 2.48. The number of sulfone groups is 1. The molecule has 0 bridgehead atoms. The van der Waals surface area contributed by atoms with Gasteiger partial charge in [-0.05, 0) is 23.8 Å². The lowest BCUT2D eigenvalue weighted by Gasteiger charge is -2.26. The van der Waals surface area contributed by atoms with Gasteiger partial charge in [0, 0.05) is 23.8 Å². The average molecular weight is 345 g/mol. The van der Waals surface area contributed by atoms with Gasteiger partial charge in [-0.15, -0.1) is 0 Å². The first-order valence-electron chi connectivity index (χ1n) is 7.72. The van der Waals surface area contributed by atoms with Gasteiger partial charge in [0.05, 0.1) is 18.4 Å². The van der Waals surface area contributed by atoms with Crippen molar-refractivity contribution in [3.8, 4) is 5.75 Å². The average Bonchev–Trinajstić information content (AvgIpc) is 2.54. The number of hydrogen-bond acceptors (Lipinski definition) is 4. The number of hydrogen-bond donors (Lipinski definition) is 1. The summed E-state index contributed by atoms with van der Waals surface area (Å²) in [7, 11) is -3.14. The molecule has 24 heavy (non-hydrogen) atoms. The summed E-state index contributed by atoms with van der Waals surface area (Å²) in [5, 5.41) is 3.01. The summed E-state index contributed by atoms with van der Waals surface area (Å²) >= 11 is 0. The Morgan fingerprint density at radius 2 is 2.00 bits per heavy atom. The SMILES string of the molecule is CS(=O)(=O)Cc1cccc(C(=O)N[C@@H]2CCOc3ccccc32)c1. The lowest BCUT2D eigenvalue weighted by Crippen LogP contribution is -2.32. The number of para-hydroxylation sites is 1. The molecule has 0 unspecified atom stereocenters. The van der Waals surface area contributed by atoms with E-state index in [1.807, 2.05) is 24.3 Å². The van der Waals surface area contributed by atoms with E-state index in [2.05, 4.69) is 5.32 Å². The minimum Gasteiger partial charge on any atom is -0.493 e. The molecule has 3 rings (SSSR count). The van der Waals surface area contributed by atoms with E-state index in [0.717, 1.165) is 11.3 Å². The molecule has 0 aromatic heterocycles. The number of ether oxygens (including phenoxy) is 1. The predicted molar refractivity (Wildman–Crippen MR) is 91.8 cm³/mol. The molecule has 0 saturated carbocycles. The van der Waals surface area contributed by atoms with E-state index in [1.165, 1.54) is 6.26 Å². The van der Waals surface area contributed by atoms with Gasteiger partial charge in [0.15, 0.2) is 9.84 Å². The number of fused-ring (bicyclic) bond motifs is 1. The van der Waals surface area contributed by atoms with Crippen molar-refractivity contribution in [2.45, 2.75) is 18.2 Å². The largest absolute Gasteiger partial charge is 0.493 e. The second kappa shape index (κ2) is 6.65. The minimum atomic E-state index is -3.14. The van der Waals surface area contributed by atoms with Crippen LogP contribution in [0, 0.1) is 0 Å². The van der Waals surface area contributed by atoms with E-state index in [1.54, 1.807) is 24.3 Å². The van der Waals surface area contributed by atoms with Crippen LogP contribution in [0.15, 0.2) is 48.5 Å². The Hall–Kier alpha value is -2.34. The molecule has 126 valence electrons. The Kier molecular flexibility index (Phi) is 4.57. The molecule has 0 saturated heterocycles. The van der Waals surface area contributed by atoms with Crippen LogP contribution in [-0.4, -0.2) is 27.2 Å². The topological polar surface area (TPSA) is 72.5 Å². The second-order valence-corrected chi connectivity index (χ2v) is 8.11. The first-order valence-corrected chi connectivity index (χ1v) is 9.78. The van der Waals surface area contributed by atoms with Gasteiger partial charge in [-0.2, -0.15) is 0 Å². The van der Waals surface area contributed by atoms with E-state index in [0.29, 0.717) is 24.2 Å². The highest BCUT2D eigenvalue weighted by Crippen LogP contribution is 2.31. The van der Waals surface area contributed by atoms with Gasteiger partial charge in [-0.25, -0.2) is 8.42 Å². The van der Waals surface area contributed by atoms with Crippen molar-refractivity contribution in [2.24, 2.45) is 0 Å². The number of carbonyl (C=O) groups excluding carboxylic acids is 1. The molecule has 1 amide bonds. The summed E-state index contributed by atoms with van der Waals surface area (Å²) in [4.78, 5) is 12.5. The minimum absolute atomic E-state index is 0.0752. The second-order valence-electron chi connectivity index (χ2n) is 5.97. The van der Waals surface area contributed by atoms with Gasteiger partial charge in [0.25, 0.3) is 5.91 Å². The highest BCUT2D eigenvalue weighted by molar-refractivity contribution is 7.89. The van der Waals surface area contributed by atoms with Gasteiger partial charge in [-0.3, -0.25) is 4.79 Å². The zero-order valence-electron chi connectivity index (χ0n) is 13.4. The number of benzene rings is 2. The Labute approximate surface area is 141 Å². The lowest BCUT2D eigenvalue weighted by atomic mass is 10.00. The van der Waals surface area contributed by atoms with Crippen LogP contribution in [0.4, 0.5) is 0 Å². The fourth-order valence-corrected chi connectivity index (χ4v) is 3.62. The summed E-state index contributed by atoms with van der Waals surface area (Å²) in [6.45, 7) is 0.552. The first kappa shape index (κ1) is 16.5. The summed E-state index contributed by atoms with van der Waals surface area (Å²) in [5.74, 6) is 0.501. The maximum atomic E-state index is 12.5. The molecule has 0 spiro atoms. The van der Waals surface area contributed by atoms with Gasteiger partial charge in [-0.1, -0.05) is 30.3 Å². The highest BCUT2D eigenvalue weighted by Gasteiger charge is 2.23. The van der Waals surface area contributed by atoms with Crippen molar-refractivity contribution in [3.05, 3.63) is 65.2 Å². The number of nitrogens with one attached hydrogen (secondary N) is 1. The fourth-order valence-electron chi connectivity index (χ4n) is 2.84. The van der Waals surface area contributed by atoms with Crippen LogP contribution in [0.2, 0.25) is 0 Å². The Morgan fingerprint density at radius 1 is 1.21 bits per heavy atom. The summed E-state index contributed by atoms with van der Waals surface area (Å²) in [5.41, 5.74) is 2.03. The van der Waals surface area contributed by atoms with Crippen LogP contribution in [0.3, 0.4) is 0 Å². The monoisotopic (exact) mass is 345 g/mol. The molecule has 1 aliphatic heterocycles. The number of amides is 1. The van der Waals surface area contributed by atoms with E-state index >= 15 is 0 Å². The van der Waals surface area contributed by atoms with Gasteiger partial charge < -0.3 is 10.1 Å². The van der Waals surface area contributed by atoms with Crippen LogP contribution in [0.1, 0.15) is 33.9 Å². The van der Waals surface area contributed by atoms with Crippen molar-refractivity contribution in [2.75, 3.05) is 12.9 Å². The van der Waals surface area contributed by atoms with Crippen molar-refractivity contribution >= 4 is 15.7 Å². The maximum Gasteiger partial charge on any atom is 0.251 e. The van der Waals surface area contributed by atoms with E-state index in [9.17, 15) is 13.2 Å². The molecule has 0 aliphatic carbocycles. The Bertz CT molecular complexity index is 861. The zero-order valence-corrected chi connectivity index (χ0v) is 14.2. The van der Waals surface area contributed by atoms with E-state index in [4.69, 9.17) is 4.74 Å². The van der Waals surface area contributed by atoms with Crippen molar-refractivity contribution in [3.63, 3.8) is 0 Å². The Balaban J connectivity index is 1.78. The normalized spacial score (nSPS) is 16.8. The van der Waals surface area contributed by atoms with Gasteiger partial charge in [0.1, 0.15) is 5.75 Å². The molecule has 0 radical (unpaired) electrons. The molecule has 5 nitrogen and oxygen atoms in total. The molecule has 6 heteroatoms. The van der Waals surface area contributed by atoms with E-state index in [-0.39, 0.29) is 17.7 Å². The number of rotatable bonds is 4. The molecular weight excluding hydrogens is 326 g/mol. The van der Waals surface area contributed by atoms with Crippen molar-refractivity contribution < 1.29 is 17.9 Å². The smallest absolute Gasteiger partial charge is 0.251 e. The van der Waals surface area contributed by atoms with Crippen LogP contribution >= 0.6 is 0 Å². The van der Waals surface area contributed by atoms with Crippen LogP contribution in [0.25, 0.3) is 0 Å². The van der Waals surface area contributed by atoms with Gasteiger partial charge in [0.2, 0.25) is 0 Å². The van der Waals surface area contributed by atoms with Gasteiger partial charge >= 0.3 is 0 Å². The fraction of sp³-hybridized carbons (Fsp3) is 0.278. The Morgan fingerprint density at radius 3 is 2.79 bits per heavy atom. The molecule has 1 atom stereocenters. The standard InChI is InChI=1S/C18H19NO4S/c1-24(21,22)12-13-5-4-6-14(11-13)18(20)19-16-9-10-23-17-8-3-2-7-15(16)17/h2-8,11,16H,9-10,12H2,1H3,(H,19,20)/t16-/m1/s1. The first-order chi connectivity index (χ1) is 11.4. The molecule has 2 aromatic carbocycles. The highest BCUT2D eigenvalue weighted by atomic mass is 32.2. The quantitative estimate of drug-likeness (QED) is 0.924. The molecule has 1 heterocycles. The van der Waals surface area contributed by atoms with Crippen LogP contribution in [0.5, 0.6) is 5.75 Å².